The van der Waals surface area contributed by atoms with Gasteiger partial charge in [0.1, 0.15) is 5.75 Å². The molecule has 38 heavy (non-hydrogen) atoms. The summed E-state index contributed by atoms with van der Waals surface area (Å²) in [6.07, 6.45) is 1.87. The van der Waals surface area contributed by atoms with Crippen molar-refractivity contribution in [3.8, 4) is 5.75 Å². The van der Waals surface area contributed by atoms with Crippen LogP contribution < -0.4 is 19.6 Å². The number of rotatable bonds is 6. The lowest BCUT2D eigenvalue weighted by Gasteiger charge is -2.25. The minimum absolute atomic E-state index is 0.211. The van der Waals surface area contributed by atoms with E-state index in [2.05, 4.69) is 45.2 Å². The number of carbonyl (C=O) groups excluding carboxylic acids is 1. The lowest BCUT2D eigenvalue weighted by molar-refractivity contribution is -0.138. The second-order valence-electron chi connectivity index (χ2n) is 8.36. The summed E-state index contributed by atoms with van der Waals surface area (Å²) in [5, 5.41) is 0. The third kappa shape index (κ3) is 5.10. The molecule has 0 spiro atoms. The summed E-state index contributed by atoms with van der Waals surface area (Å²) in [6.45, 7) is 1.98. The van der Waals surface area contributed by atoms with Gasteiger partial charge in [-0.3, -0.25) is 9.36 Å². The maximum Gasteiger partial charge on any atom is 0.338 e. The van der Waals surface area contributed by atoms with E-state index < -0.39 is 12.0 Å². The zero-order chi connectivity index (χ0) is 26.8. The van der Waals surface area contributed by atoms with Gasteiger partial charge < -0.3 is 9.47 Å². The molecule has 0 radical (unpaired) electrons. The molecule has 0 unspecified atom stereocenters. The Morgan fingerprint density at radius 3 is 2.29 bits per heavy atom. The number of halogens is 2. The Bertz CT molecular complexity index is 1700. The quantitative estimate of drug-likeness (QED) is 0.202. The molecule has 1 aromatic heterocycles. The SMILES string of the molecule is CCOC(=O)C1=C(c2ccccc2)N=c2s/c(=C\c3cc(I)c(OC)c(I)c3)c(=O)n2[C@@H]1c1ccccc1. The molecule has 6 nitrogen and oxygen atoms in total. The molecule has 9 heteroatoms. The Balaban J connectivity index is 1.80. The first-order valence-corrected chi connectivity index (χ1v) is 14.8. The van der Waals surface area contributed by atoms with Crippen molar-refractivity contribution >= 4 is 74.3 Å². The molecule has 3 aromatic carbocycles. The van der Waals surface area contributed by atoms with Crippen molar-refractivity contribution in [2.75, 3.05) is 13.7 Å². The maximum atomic E-state index is 13.9. The summed E-state index contributed by atoms with van der Waals surface area (Å²) in [5.41, 5.74) is 3.12. The Morgan fingerprint density at radius 1 is 1.05 bits per heavy atom. The molecule has 2 heterocycles. The van der Waals surface area contributed by atoms with E-state index in [1.807, 2.05) is 78.9 Å². The van der Waals surface area contributed by atoms with Crippen LogP contribution in [0.3, 0.4) is 0 Å². The van der Waals surface area contributed by atoms with Crippen LogP contribution in [0.25, 0.3) is 11.8 Å². The van der Waals surface area contributed by atoms with Crippen molar-refractivity contribution in [3.63, 3.8) is 0 Å². The minimum Gasteiger partial charge on any atom is -0.495 e. The minimum atomic E-state index is -0.681. The van der Waals surface area contributed by atoms with E-state index in [9.17, 15) is 9.59 Å². The number of hydrogen-bond donors (Lipinski definition) is 0. The van der Waals surface area contributed by atoms with Crippen LogP contribution in [-0.4, -0.2) is 24.3 Å². The number of fused-ring (bicyclic) bond motifs is 1. The summed E-state index contributed by atoms with van der Waals surface area (Å²) in [7, 11) is 1.65. The fourth-order valence-corrected chi connectivity index (χ4v) is 7.66. The molecule has 0 bridgehead atoms. The molecule has 0 saturated heterocycles. The Kier molecular flexibility index (Phi) is 8.15. The highest BCUT2D eigenvalue weighted by Gasteiger charge is 2.35. The van der Waals surface area contributed by atoms with Crippen LogP contribution >= 0.6 is 56.5 Å². The number of methoxy groups -OCH3 is 1. The predicted octanol–water partition coefficient (Wildman–Crippen LogP) is 5.15. The number of nitrogens with zero attached hydrogens (tertiary/aromatic N) is 2. The van der Waals surface area contributed by atoms with E-state index in [4.69, 9.17) is 14.5 Å². The summed E-state index contributed by atoms with van der Waals surface area (Å²) in [4.78, 5) is 32.8. The van der Waals surface area contributed by atoms with Crippen LogP contribution in [0.15, 0.2) is 88.2 Å². The summed E-state index contributed by atoms with van der Waals surface area (Å²) < 4.78 is 15.0. The number of ether oxygens (including phenoxy) is 2. The molecule has 1 atom stereocenters. The van der Waals surface area contributed by atoms with Crippen molar-refractivity contribution in [2.24, 2.45) is 4.99 Å². The molecule has 1 aliphatic rings. The van der Waals surface area contributed by atoms with E-state index >= 15 is 0 Å². The molecule has 192 valence electrons. The second-order valence-corrected chi connectivity index (χ2v) is 11.7. The Morgan fingerprint density at radius 2 is 1.68 bits per heavy atom. The van der Waals surface area contributed by atoms with E-state index in [0.717, 1.165) is 29.6 Å². The van der Waals surface area contributed by atoms with Gasteiger partial charge in [0.25, 0.3) is 5.56 Å². The molecule has 5 rings (SSSR count). The number of carbonyl (C=O) groups is 1. The molecular formula is C29H22I2N2O4S. The topological polar surface area (TPSA) is 69.9 Å². The summed E-state index contributed by atoms with van der Waals surface area (Å²) in [5.74, 6) is 0.318. The average Bonchev–Trinajstić information content (AvgIpc) is 3.23. The highest BCUT2D eigenvalue weighted by molar-refractivity contribution is 14.1. The predicted molar refractivity (Wildman–Crippen MR) is 166 cm³/mol. The van der Waals surface area contributed by atoms with Crippen LogP contribution in [0.2, 0.25) is 0 Å². The zero-order valence-electron chi connectivity index (χ0n) is 20.5. The van der Waals surface area contributed by atoms with Gasteiger partial charge in [0.05, 0.1) is 42.7 Å². The number of esters is 1. The van der Waals surface area contributed by atoms with E-state index in [1.54, 1.807) is 18.6 Å². The first-order chi connectivity index (χ1) is 18.4. The van der Waals surface area contributed by atoms with Gasteiger partial charge in [-0.1, -0.05) is 72.0 Å². The summed E-state index contributed by atoms with van der Waals surface area (Å²) >= 11 is 5.77. The zero-order valence-corrected chi connectivity index (χ0v) is 25.6. The molecule has 0 saturated carbocycles. The van der Waals surface area contributed by atoms with Gasteiger partial charge in [0.15, 0.2) is 4.80 Å². The van der Waals surface area contributed by atoms with Gasteiger partial charge >= 0.3 is 5.97 Å². The van der Waals surface area contributed by atoms with Crippen molar-refractivity contribution < 1.29 is 14.3 Å². The molecule has 0 fully saturated rings. The van der Waals surface area contributed by atoms with Crippen molar-refractivity contribution in [1.29, 1.82) is 0 Å². The van der Waals surface area contributed by atoms with Gasteiger partial charge in [0.2, 0.25) is 0 Å². The third-order valence-electron chi connectivity index (χ3n) is 6.01. The number of aromatic nitrogens is 1. The molecular weight excluding hydrogens is 726 g/mol. The smallest absolute Gasteiger partial charge is 0.338 e. The Labute approximate surface area is 250 Å². The fourth-order valence-electron chi connectivity index (χ4n) is 4.40. The van der Waals surface area contributed by atoms with E-state index in [0.29, 0.717) is 20.6 Å². The monoisotopic (exact) mass is 748 g/mol. The highest BCUT2D eigenvalue weighted by Crippen LogP contribution is 2.35. The van der Waals surface area contributed by atoms with Crippen LogP contribution in [0.5, 0.6) is 5.75 Å². The first-order valence-electron chi connectivity index (χ1n) is 11.8. The third-order valence-corrected chi connectivity index (χ3v) is 8.60. The van der Waals surface area contributed by atoms with Crippen LogP contribution in [0.4, 0.5) is 0 Å². The van der Waals surface area contributed by atoms with Gasteiger partial charge in [-0.2, -0.15) is 0 Å². The van der Waals surface area contributed by atoms with E-state index in [-0.39, 0.29) is 12.2 Å². The molecule has 1 aliphatic heterocycles. The summed E-state index contributed by atoms with van der Waals surface area (Å²) in [6, 6.07) is 22.4. The molecule has 4 aromatic rings. The standard InChI is InChI=1S/C29H22I2N2O4S/c1-3-37-28(35)23-24(18-10-6-4-7-11-18)32-29-33(25(23)19-12-8-5-9-13-19)27(34)22(38-29)16-17-14-20(30)26(36-2)21(31)15-17/h4-16,25H,3H2,1-2H3/b22-16-/t25-/m1/s1. The largest absolute Gasteiger partial charge is 0.495 e. The normalized spacial score (nSPS) is 15.2. The lowest BCUT2D eigenvalue weighted by Crippen LogP contribution is -2.40. The number of hydrogen-bond acceptors (Lipinski definition) is 6. The highest BCUT2D eigenvalue weighted by atomic mass is 127. The van der Waals surface area contributed by atoms with Crippen molar-refractivity contribution in [2.45, 2.75) is 13.0 Å². The van der Waals surface area contributed by atoms with Crippen LogP contribution in [0, 0.1) is 7.14 Å². The van der Waals surface area contributed by atoms with Crippen molar-refractivity contribution in [3.05, 3.63) is 122 Å². The first kappa shape index (κ1) is 26.8. The van der Waals surface area contributed by atoms with E-state index in [1.165, 1.54) is 11.3 Å². The molecule has 0 N–H and O–H groups in total. The molecule has 0 aliphatic carbocycles. The average molecular weight is 748 g/mol. The number of benzene rings is 3. The van der Waals surface area contributed by atoms with Gasteiger partial charge in [-0.25, -0.2) is 9.79 Å². The lowest BCUT2D eigenvalue weighted by atomic mass is 9.93. The maximum absolute atomic E-state index is 13.9. The van der Waals surface area contributed by atoms with Crippen LogP contribution in [0.1, 0.15) is 29.7 Å². The Hall–Kier alpha value is -2.77. The van der Waals surface area contributed by atoms with Crippen molar-refractivity contribution in [1.82, 2.24) is 4.57 Å². The van der Waals surface area contributed by atoms with Gasteiger partial charge in [-0.15, -0.1) is 0 Å². The van der Waals surface area contributed by atoms with Gasteiger partial charge in [0, 0.05) is 5.56 Å². The fraction of sp³-hybridized carbons (Fsp3) is 0.138. The van der Waals surface area contributed by atoms with Crippen LogP contribution in [-0.2, 0) is 9.53 Å². The van der Waals surface area contributed by atoms with Gasteiger partial charge in [-0.05, 0) is 81.4 Å². The number of thiazole rings is 1. The molecule has 0 amide bonds. The second kappa shape index (κ2) is 11.5.